The Labute approximate surface area is 204 Å². The van der Waals surface area contributed by atoms with Crippen LogP contribution in [0.15, 0.2) is 30.3 Å². The van der Waals surface area contributed by atoms with Crippen molar-refractivity contribution in [2.75, 3.05) is 0 Å². The molecule has 7 nitrogen and oxygen atoms in total. The van der Waals surface area contributed by atoms with Crippen molar-refractivity contribution in [3.63, 3.8) is 0 Å². The summed E-state index contributed by atoms with van der Waals surface area (Å²) >= 11 is 0. The summed E-state index contributed by atoms with van der Waals surface area (Å²) in [6, 6.07) is 9.80. The Morgan fingerprint density at radius 1 is 1.06 bits per heavy atom. The van der Waals surface area contributed by atoms with Crippen molar-refractivity contribution in [2.24, 2.45) is 0 Å². The van der Waals surface area contributed by atoms with Crippen LogP contribution in [0.1, 0.15) is 66.4 Å². The van der Waals surface area contributed by atoms with E-state index in [-0.39, 0.29) is 5.04 Å². The predicted octanol–water partition coefficient (Wildman–Crippen LogP) is 5.13. The molecule has 0 bridgehead atoms. The highest BCUT2D eigenvalue weighted by Crippen LogP contribution is 2.60. The zero-order chi connectivity index (χ0) is 25.4. The molecule has 34 heavy (non-hydrogen) atoms. The Morgan fingerprint density at radius 2 is 1.65 bits per heavy atom. The van der Waals surface area contributed by atoms with Crippen molar-refractivity contribution in [1.29, 1.82) is 0 Å². The molecule has 3 rings (SSSR count). The largest absolute Gasteiger partial charge is 0.453 e. The van der Waals surface area contributed by atoms with E-state index in [0.29, 0.717) is 13.0 Å². The van der Waals surface area contributed by atoms with Gasteiger partial charge in [0.25, 0.3) is 0 Å². The number of rotatable bonds is 9. The quantitative estimate of drug-likeness (QED) is 0.349. The fraction of sp³-hybridized carbons (Fsp3) is 0.692. The van der Waals surface area contributed by atoms with E-state index in [2.05, 4.69) is 33.9 Å². The van der Waals surface area contributed by atoms with Gasteiger partial charge in [-0.1, -0.05) is 58.0 Å². The van der Waals surface area contributed by atoms with E-state index >= 15 is 0 Å². The third-order valence-corrected chi connectivity index (χ3v) is 12.0. The maximum atomic E-state index is 12.1. The Morgan fingerprint density at radius 3 is 2.12 bits per heavy atom. The summed E-state index contributed by atoms with van der Waals surface area (Å²) in [4.78, 5) is 24.0. The van der Waals surface area contributed by atoms with Gasteiger partial charge in [0.2, 0.25) is 6.29 Å². The van der Waals surface area contributed by atoms with Gasteiger partial charge in [0.1, 0.15) is 11.7 Å². The predicted molar refractivity (Wildman–Crippen MR) is 130 cm³/mol. The topological polar surface area (TPSA) is 80.3 Å². The molecule has 0 spiro atoms. The number of hydrogen-bond donors (Lipinski definition) is 0. The van der Waals surface area contributed by atoms with Crippen LogP contribution in [0.25, 0.3) is 0 Å². The van der Waals surface area contributed by atoms with Gasteiger partial charge in [-0.15, -0.1) is 0 Å². The molecule has 8 heteroatoms. The van der Waals surface area contributed by atoms with E-state index in [9.17, 15) is 9.59 Å². The van der Waals surface area contributed by atoms with Crippen LogP contribution in [0.5, 0.6) is 0 Å². The number of carbonyl (C=O) groups excluding carboxylic acids is 2. The number of hydrogen-bond acceptors (Lipinski definition) is 7. The van der Waals surface area contributed by atoms with Crippen LogP contribution in [0.2, 0.25) is 18.1 Å². The molecule has 0 N–H and O–H groups in total. The second kappa shape index (κ2) is 9.72. The van der Waals surface area contributed by atoms with Crippen LogP contribution in [0.4, 0.5) is 0 Å². The number of benzene rings is 1. The smallest absolute Gasteiger partial charge is 0.305 e. The maximum Gasteiger partial charge on any atom is 0.305 e. The molecule has 4 atom stereocenters. The molecule has 190 valence electrons. The van der Waals surface area contributed by atoms with Crippen molar-refractivity contribution < 1.29 is 33.0 Å². The first kappa shape index (κ1) is 26.9. The normalized spacial score (nSPS) is 28.4. The molecule has 1 saturated heterocycles. The lowest BCUT2D eigenvalue weighted by Crippen LogP contribution is -2.60. The summed E-state index contributed by atoms with van der Waals surface area (Å²) in [6.45, 7) is 16.0. The van der Waals surface area contributed by atoms with Gasteiger partial charge in [0.05, 0.1) is 12.2 Å². The monoisotopic (exact) mass is 492 g/mol. The second-order valence-corrected chi connectivity index (χ2v) is 15.7. The average molecular weight is 493 g/mol. The number of ether oxygens (including phenoxy) is 4. The van der Waals surface area contributed by atoms with E-state index < -0.39 is 50.0 Å². The van der Waals surface area contributed by atoms with Crippen LogP contribution in [-0.2, 0) is 39.6 Å². The number of carbonyl (C=O) groups is 2. The van der Waals surface area contributed by atoms with Gasteiger partial charge in [-0.25, -0.2) is 0 Å². The summed E-state index contributed by atoms with van der Waals surface area (Å²) in [5, 5.41) is 0.00108. The molecule has 2 aliphatic rings. The van der Waals surface area contributed by atoms with E-state index in [4.69, 9.17) is 23.4 Å². The van der Waals surface area contributed by atoms with Crippen molar-refractivity contribution in [2.45, 2.75) is 115 Å². The molecule has 1 aliphatic heterocycles. The minimum absolute atomic E-state index is 0.00108. The highest BCUT2D eigenvalue weighted by atomic mass is 28.4. The average Bonchev–Trinajstić information content (AvgIpc) is 3.44. The van der Waals surface area contributed by atoms with Gasteiger partial charge in [-0.05, 0) is 43.0 Å². The van der Waals surface area contributed by atoms with E-state index in [0.717, 1.165) is 18.4 Å². The Kier molecular flexibility index (Phi) is 7.68. The molecule has 1 saturated carbocycles. The van der Waals surface area contributed by atoms with Gasteiger partial charge in [-0.2, -0.15) is 0 Å². The summed E-state index contributed by atoms with van der Waals surface area (Å²) < 4.78 is 31.3. The highest BCUT2D eigenvalue weighted by molar-refractivity contribution is 6.74. The Hall–Kier alpha value is -1.74. The van der Waals surface area contributed by atoms with Crippen molar-refractivity contribution in [1.82, 2.24) is 0 Å². The van der Waals surface area contributed by atoms with Gasteiger partial charge in [0, 0.05) is 13.8 Å². The molecular weight excluding hydrogens is 452 g/mol. The Bertz CT molecular complexity index is 875. The summed E-state index contributed by atoms with van der Waals surface area (Å²) in [5.41, 5.74) is -0.545. The van der Waals surface area contributed by atoms with Crippen molar-refractivity contribution in [3.05, 3.63) is 35.9 Å². The highest BCUT2D eigenvalue weighted by Gasteiger charge is 2.73. The minimum atomic E-state index is -2.18. The maximum absolute atomic E-state index is 12.1. The van der Waals surface area contributed by atoms with E-state index in [1.807, 2.05) is 37.3 Å². The Balaban J connectivity index is 2.03. The molecule has 2 unspecified atom stereocenters. The van der Waals surface area contributed by atoms with Crippen LogP contribution < -0.4 is 0 Å². The molecule has 1 aromatic rings. The molecule has 0 amide bonds. The molecule has 1 aromatic carbocycles. The fourth-order valence-corrected chi connectivity index (χ4v) is 6.30. The SMILES string of the molecule is CC[C@@]1(C2(O[Si](C)(C)C(C)(C)C)CC2)OC(OC(C)=O)C(OC(C)=O)[C@H]1OCc1ccccc1. The third-order valence-electron chi connectivity index (χ3n) is 7.47. The first-order valence-corrected chi connectivity index (χ1v) is 15.1. The zero-order valence-corrected chi connectivity index (χ0v) is 22.8. The standard InChI is InChI=1S/C26H40O7Si/c1-9-26(25(15-16-25)33-34(7,8)24(4,5)6)22(29-17-20-13-11-10-12-14-20)21(30-18(2)27)23(32-26)31-19(3)28/h10-14,21-23H,9,15-17H2,1-8H3/t21?,22-,23?,26-/m1/s1. The van der Waals surface area contributed by atoms with Gasteiger partial charge >= 0.3 is 11.9 Å². The lowest BCUT2D eigenvalue weighted by atomic mass is 9.84. The van der Waals surface area contributed by atoms with Crippen molar-refractivity contribution >= 4 is 20.3 Å². The van der Waals surface area contributed by atoms with E-state index in [1.165, 1.54) is 13.8 Å². The minimum Gasteiger partial charge on any atom is -0.453 e. The lowest BCUT2D eigenvalue weighted by Gasteiger charge is -2.47. The van der Waals surface area contributed by atoms with E-state index in [1.54, 1.807) is 0 Å². The van der Waals surface area contributed by atoms with Gasteiger partial charge in [-0.3, -0.25) is 9.59 Å². The van der Waals surface area contributed by atoms with Gasteiger partial charge < -0.3 is 23.4 Å². The summed E-state index contributed by atoms with van der Waals surface area (Å²) in [7, 11) is -2.18. The molecule has 2 fully saturated rings. The fourth-order valence-electron chi connectivity index (χ4n) is 4.64. The summed E-state index contributed by atoms with van der Waals surface area (Å²) in [6.07, 6.45) is -0.473. The molecule has 1 aliphatic carbocycles. The zero-order valence-electron chi connectivity index (χ0n) is 21.8. The summed E-state index contributed by atoms with van der Waals surface area (Å²) in [5.74, 6) is -0.993. The molecule has 0 aromatic heterocycles. The van der Waals surface area contributed by atoms with Crippen LogP contribution >= 0.6 is 0 Å². The van der Waals surface area contributed by atoms with Crippen LogP contribution in [-0.4, -0.2) is 50.0 Å². The molecular formula is C26H40O7Si. The third kappa shape index (κ3) is 5.25. The first-order valence-electron chi connectivity index (χ1n) is 12.1. The molecule has 1 heterocycles. The number of esters is 2. The lowest BCUT2D eigenvalue weighted by molar-refractivity contribution is -0.224. The first-order chi connectivity index (χ1) is 15.8. The van der Waals surface area contributed by atoms with Crippen molar-refractivity contribution in [3.8, 4) is 0 Å². The van der Waals surface area contributed by atoms with Gasteiger partial charge in [0.15, 0.2) is 14.4 Å². The molecule has 0 radical (unpaired) electrons. The van der Waals surface area contributed by atoms with Crippen LogP contribution in [0, 0.1) is 0 Å². The van der Waals surface area contributed by atoms with Crippen LogP contribution in [0.3, 0.4) is 0 Å². The second-order valence-electron chi connectivity index (χ2n) is 11.0.